The second-order valence-electron chi connectivity index (χ2n) is 9.17. The summed E-state index contributed by atoms with van der Waals surface area (Å²) in [6, 6.07) is 15.9. The quantitative estimate of drug-likeness (QED) is 0.196. The number of alkyl halides is 4. The van der Waals surface area contributed by atoms with Crippen molar-refractivity contribution < 1.29 is 35.1 Å². The maximum atomic E-state index is 14.1. The summed E-state index contributed by atoms with van der Waals surface area (Å²) in [4.78, 5) is 1.92. The van der Waals surface area contributed by atoms with E-state index < -0.39 is 34.8 Å². The first-order valence-electron chi connectivity index (χ1n) is 11.8. The van der Waals surface area contributed by atoms with Gasteiger partial charge in [0.2, 0.25) is 0 Å². The lowest BCUT2D eigenvalue weighted by Crippen LogP contribution is -2.33. The molecule has 0 aliphatic carbocycles. The van der Waals surface area contributed by atoms with Crippen molar-refractivity contribution >= 4 is 34.2 Å². The van der Waals surface area contributed by atoms with Gasteiger partial charge in [0.05, 0.1) is 10.4 Å². The fourth-order valence-electron chi connectivity index (χ4n) is 4.07. The van der Waals surface area contributed by atoms with Gasteiger partial charge in [-0.1, -0.05) is 29.7 Å². The van der Waals surface area contributed by atoms with Crippen molar-refractivity contribution in [2.24, 2.45) is 0 Å². The second kappa shape index (κ2) is 11.4. The van der Waals surface area contributed by atoms with Crippen LogP contribution in [-0.2, 0) is 23.0 Å². The van der Waals surface area contributed by atoms with E-state index in [0.29, 0.717) is 41.5 Å². The van der Waals surface area contributed by atoms with Crippen LogP contribution in [-0.4, -0.2) is 57.7 Å². The molecule has 1 aromatic heterocycles. The number of aromatic nitrogens is 1. The Morgan fingerprint density at radius 3 is 2.46 bits per heavy atom. The highest BCUT2D eigenvalue weighted by molar-refractivity contribution is 7.90. The molecule has 2 radical (unpaired) electrons. The van der Waals surface area contributed by atoms with Crippen molar-refractivity contribution in [2.45, 2.75) is 30.2 Å². The van der Waals surface area contributed by atoms with Crippen LogP contribution in [0.15, 0.2) is 77.8 Å². The Labute approximate surface area is 224 Å². The predicted molar refractivity (Wildman–Crippen MR) is 139 cm³/mol. The zero-order valence-electron chi connectivity index (χ0n) is 20.8. The third-order valence-electron chi connectivity index (χ3n) is 6.12. The fraction of sp³-hybridized carbons (Fsp3) is 0.259. The minimum absolute atomic E-state index is 0.00921. The van der Waals surface area contributed by atoms with Crippen LogP contribution >= 0.6 is 0 Å². The van der Waals surface area contributed by atoms with Gasteiger partial charge in [-0.2, -0.15) is 8.78 Å². The zero-order valence-corrected chi connectivity index (χ0v) is 21.6. The molecule has 0 saturated heterocycles. The minimum Gasteiger partial charge on any atom is -0.487 e. The van der Waals surface area contributed by atoms with Gasteiger partial charge >= 0.3 is 12.3 Å². The molecule has 3 aromatic carbocycles. The molecular weight excluding hydrogens is 538 g/mol. The number of likely N-dealkylation sites (N-methyl/N-ethyl adjacent to an activating group) is 1. The lowest BCUT2D eigenvalue weighted by molar-refractivity contribution is -0.148. The molecular formula is C27H24BF5N2O3S. The molecule has 0 saturated carbocycles. The van der Waals surface area contributed by atoms with E-state index in [0.717, 1.165) is 3.97 Å². The SMILES string of the molecule is [B]c1ccc(S(=O)(=O)n2cc(CCN(C)Cc3cccc(OCC(F)(F)C(F)F)c3)c3ccc(F)cc32)cc1. The summed E-state index contributed by atoms with van der Waals surface area (Å²) in [5.74, 6) is -4.79. The number of fused-ring (bicyclic) bond motifs is 1. The highest BCUT2D eigenvalue weighted by Crippen LogP contribution is 2.28. The van der Waals surface area contributed by atoms with Gasteiger partial charge in [0.25, 0.3) is 10.0 Å². The lowest BCUT2D eigenvalue weighted by atomic mass is 9.97. The maximum absolute atomic E-state index is 14.1. The van der Waals surface area contributed by atoms with Gasteiger partial charge in [-0.25, -0.2) is 25.6 Å². The number of hydrogen-bond acceptors (Lipinski definition) is 4. The van der Waals surface area contributed by atoms with E-state index in [1.54, 1.807) is 12.1 Å². The van der Waals surface area contributed by atoms with Crippen LogP contribution in [0.2, 0.25) is 0 Å². The molecule has 0 fully saturated rings. The van der Waals surface area contributed by atoms with Crippen LogP contribution in [0.25, 0.3) is 10.9 Å². The number of rotatable bonds is 11. The number of halogens is 5. The standard InChI is InChI=1S/C27H24BF5N2O3S/c1-34(15-18-3-2-4-22(13-18)38-17-27(32,33)26(30)31)12-11-19-16-35(25-14-21(29)7-10-24(19)25)39(36,37)23-8-5-20(28)6-9-23/h2-10,13-14,16,26H,11-12,15,17H2,1H3. The van der Waals surface area contributed by atoms with Gasteiger partial charge in [0.15, 0.2) is 6.61 Å². The van der Waals surface area contributed by atoms with Crippen LogP contribution in [0.3, 0.4) is 0 Å². The van der Waals surface area contributed by atoms with Crippen LogP contribution in [0.1, 0.15) is 11.1 Å². The van der Waals surface area contributed by atoms with E-state index in [-0.39, 0.29) is 16.2 Å². The number of benzene rings is 3. The Morgan fingerprint density at radius 2 is 1.77 bits per heavy atom. The van der Waals surface area contributed by atoms with Crippen LogP contribution in [0.5, 0.6) is 5.75 Å². The molecule has 4 rings (SSSR count). The second-order valence-corrected chi connectivity index (χ2v) is 11.0. The molecule has 0 bridgehead atoms. The van der Waals surface area contributed by atoms with Gasteiger partial charge in [-0.05, 0) is 67.1 Å². The molecule has 1 heterocycles. The Morgan fingerprint density at radius 1 is 1.05 bits per heavy atom. The van der Waals surface area contributed by atoms with E-state index >= 15 is 0 Å². The van der Waals surface area contributed by atoms with Crippen LogP contribution in [0.4, 0.5) is 22.0 Å². The summed E-state index contributed by atoms with van der Waals surface area (Å²) in [5, 5.41) is 0.583. The summed E-state index contributed by atoms with van der Waals surface area (Å²) < 4.78 is 97.8. The van der Waals surface area contributed by atoms with Crippen molar-refractivity contribution in [1.29, 1.82) is 0 Å². The third kappa shape index (κ3) is 6.62. The van der Waals surface area contributed by atoms with Gasteiger partial charge in [0.1, 0.15) is 19.4 Å². The molecule has 12 heteroatoms. The summed E-state index contributed by atoms with van der Waals surface area (Å²) in [6.45, 7) is -0.597. The average molecular weight is 562 g/mol. The summed E-state index contributed by atoms with van der Waals surface area (Å²) in [5.41, 5.74) is 1.99. The van der Waals surface area contributed by atoms with Gasteiger partial charge in [-0.15, -0.1) is 0 Å². The topological polar surface area (TPSA) is 51.5 Å². The number of hydrogen-bond donors (Lipinski definition) is 0. The molecule has 0 spiro atoms. The number of ether oxygens (including phenoxy) is 1. The van der Waals surface area contributed by atoms with Gasteiger partial charge in [-0.3, -0.25) is 0 Å². The van der Waals surface area contributed by atoms with Gasteiger partial charge < -0.3 is 9.64 Å². The molecule has 39 heavy (non-hydrogen) atoms. The predicted octanol–water partition coefficient (Wildman–Crippen LogP) is 4.76. The van der Waals surface area contributed by atoms with E-state index in [1.807, 2.05) is 11.9 Å². The Bertz CT molecular complexity index is 1560. The van der Waals surface area contributed by atoms with E-state index in [2.05, 4.69) is 0 Å². The van der Waals surface area contributed by atoms with Crippen molar-refractivity contribution in [2.75, 3.05) is 20.2 Å². The van der Waals surface area contributed by atoms with Crippen molar-refractivity contribution in [3.05, 3.63) is 89.9 Å². The summed E-state index contributed by atoms with van der Waals surface area (Å²) in [6.07, 6.45) is -1.93. The van der Waals surface area contributed by atoms with Gasteiger partial charge in [0, 0.05) is 24.7 Å². The first kappa shape index (κ1) is 28.6. The molecule has 0 aliphatic heterocycles. The molecule has 0 amide bonds. The highest BCUT2D eigenvalue weighted by Gasteiger charge is 2.41. The average Bonchev–Trinajstić information content (AvgIpc) is 3.25. The van der Waals surface area contributed by atoms with E-state index in [4.69, 9.17) is 12.6 Å². The Kier molecular flexibility index (Phi) is 8.36. The molecule has 0 N–H and O–H groups in total. The minimum atomic E-state index is -4.25. The first-order chi connectivity index (χ1) is 18.4. The molecule has 0 atom stereocenters. The molecule has 0 aliphatic rings. The Balaban J connectivity index is 1.49. The molecule has 204 valence electrons. The Hall–Kier alpha value is -3.38. The molecule has 4 aromatic rings. The third-order valence-corrected chi connectivity index (χ3v) is 7.81. The normalized spacial score (nSPS) is 12.5. The van der Waals surface area contributed by atoms with Crippen LogP contribution < -0.4 is 10.2 Å². The monoisotopic (exact) mass is 562 g/mol. The maximum Gasteiger partial charge on any atom is 0.340 e. The smallest absolute Gasteiger partial charge is 0.340 e. The largest absolute Gasteiger partial charge is 0.487 e. The highest BCUT2D eigenvalue weighted by atomic mass is 32.2. The lowest BCUT2D eigenvalue weighted by Gasteiger charge is -2.18. The molecule has 0 unspecified atom stereocenters. The van der Waals surface area contributed by atoms with Crippen molar-refractivity contribution in [1.82, 2.24) is 8.87 Å². The fourth-order valence-corrected chi connectivity index (χ4v) is 5.45. The summed E-state index contributed by atoms with van der Waals surface area (Å²) in [7, 11) is 3.46. The van der Waals surface area contributed by atoms with Crippen molar-refractivity contribution in [3.63, 3.8) is 0 Å². The zero-order chi connectivity index (χ0) is 28.4. The van der Waals surface area contributed by atoms with Crippen molar-refractivity contribution in [3.8, 4) is 5.75 Å². The molecule has 5 nitrogen and oxygen atoms in total. The number of nitrogens with zero attached hydrogens (tertiary/aromatic N) is 2. The first-order valence-corrected chi connectivity index (χ1v) is 13.3. The van der Waals surface area contributed by atoms with E-state index in [9.17, 15) is 30.4 Å². The van der Waals surface area contributed by atoms with E-state index in [1.165, 1.54) is 60.8 Å². The summed E-state index contributed by atoms with van der Waals surface area (Å²) >= 11 is 0. The van der Waals surface area contributed by atoms with Crippen LogP contribution in [0, 0.1) is 5.82 Å².